The Morgan fingerprint density at radius 2 is 0.546 bits per heavy atom. The van der Waals surface area contributed by atoms with Gasteiger partial charge in [0, 0.05) is 19.3 Å². The van der Waals surface area contributed by atoms with E-state index in [4.69, 9.17) is 32.3 Å². The second-order valence-electron chi connectivity index (χ2n) is 24.7. The van der Waals surface area contributed by atoms with Crippen molar-refractivity contribution in [2.45, 2.75) is 309 Å². The van der Waals surface area contributed by atoms with Crippen LogP contribution in [0.15, 0.2) is 134 Å². The zero-order valence-corrected chi connectivity index (χ0v) is 62.2. The third-order valence-corrected chi connectivity index (χ3v) is 17.2. The summed E-state index contributed by atoms with van der Waals surface area (Å²) in [6, 6.07) is 0. The zero-order valence-electron chi connectivity index (χ0n) is 60.5. The van der Waals surface area contributed by atoms with Gasteiger partial charge in [-0.25, -0.2) is 9.13 Å². The lowest BCUT2D eigenvalue weighted by molar-refractivity contribution is -0.161. The Hall–Kier alpha value is -4.31. The molecule has 0 aliphatic rings. The SMILES string of the molecule is CC/C=C\C/C=C\C/C=C\C/C=C\CCCCCCCCC(=O)OCC(COP(=O)(O)OCC(O)COP(=O)(O)OCC(O)COC(=O)CCCCCCCCC/C=C\C/C=C\C/C=C\C/C=C\CCCCC)OC(=O)CCCCCCCC/C=C\C/C=C\C/C=C\CCCCC. The fourth-order valence-corrected chi connectivity index (χ4v) is 11.2. The fraction of sp³-hybridized carbons (Fsp3) is 0.684. The molecule has 4 N–H and O–H groups in total. The number of unbranched alkanes of at least 4 members (excludes halogenated alkanes) is 25. The standard InChI is InChI=1S/C79H134O16P2/c1-4-7-10-13-16-19-22-25-28-31-34-35-36-37-40-42-44-47-50-53-56-59-62-65-77(82)89-68-74(80)69-91-96(85,86)92-70-75(81)71-93-97(87,88)94-73-76(95-79(84)67-64-61-58-55-52-49-46-43-39-33-30-27-24-21-18-15-12-9-6-3)72-90-78(83)66-63-60-57-54-51-48-45-41-38-32-29-26-23-20-17-14-11-8-5-2/h8,11,16-21,25-30,34-35,37-41,43,74-76,80-81H,4-7,9-10,12-15,22-24,31-33,36,42,44-73H2,1-3H3,(H,85,86)(H,87,88)/b11-8-,19-16-,20-17-,21-18-,28-25-,29-26-,30-27-,35-34-,40-37-,41-38-,43-39-. The van der Waals surface area contributed by atoms with Gasteiger partial charge in [-0.3, -0.25) is 32.5 Å². The molecule has 0 radical (unpaired) electrons. The smallest absolute Gasteiger partial charge is 0.463 e. The molecule has 0 fully saturated rings. The molecule has 0 aliphatic carbocycles. The molecule has 0 aliphatic heterocycles. The molecule has 0 bridgehead atoms. The molecule has 97 heavy (non-hydrogen) atoms. The number of phosphoric acid groups is 2. The average Bonchev–Trinajstić information content (AvgIpc) is 1.62. The molecule has 0 aromatic heterocycles. The maximum absolute atomic E-state index is 13.0. The first-order valence-corrected chi connectivity index (χ1v) is 40.5. The number of allylic oxidation sites excluding steroid dienone is 22. The van der Waals surface area contributed by atoms with Crippen molar-refractivity contribution in [2.75, 3.05) is 39.6 Å². The van der Waals surface area contributed by atoms with Gasteiger partial charge in [0.2, 0.25) is 0 Å². The predicted molar refractivity (Wildman–Crippen MR) is 399 cm³/mol. The molecule has 0 aromatic carbocycles. The van der Waals surface area contributed by atoms with Crippen molar-refractivity contribution in [1.82, 2.24) is 0 Å². The molecule has 0 rings (SSSR count). The minimum Gasteiger partial charge on any atom is -0.463 e. The topological polar surface area (TPSA) is 231 Å². The normalized spacial score (nSPS) is 14.8. The van der Waals surface area contributed by atoms with Gasteiger partial charge in [-0.2, -0.15) is 0 Å². The highest BCUT2D eigenvalue weighted by Crippen LogP contribution is 2.45. The van der Waals surface area contributed by atoms with Crippen LogP contribution in [0.2, 0.25) is 0 Å². The van der Waals surface area contributed by atoms with Crippen molar-refractivity contribution in [2.24, 2.45) is 0 Å². The van der Waals surface area contributed by atoms with Crippen molar-refractivity contribution < 1.29 is 75.8 Å². The average molecular weight is 1400 g/mol. The van der Waals surface area contributed by atoms with Crippen LogP contribution in [0.4, 0.5) is 0 Å². The number of carbonyl (C=O) groups excluding carboxylic acids is 3. The molecule has 0 spiro atoms. The third kappa shape index (κ3) is 72.8. The lowest BCUT2D eigenvalue weighted by Crippen LogP contribution is -2.30. The molecule has 0 amide bonds. The largest absolute Gasteiger partial charge is 0.472 e. The number of rotatable bonds is 70. The summed E-state index contributed by atoms with van der Waals surface area (Å²) in [6.07, 6.45) is 84.8. The molecule has 556 valence electrons. The minimum atomic E-state index is -4.94. The van der Waals surface area contributed by atoms with Gasteiger partial charge >= 0.3 is 33.6 Å². The van der Waals surface area contributed by atoms with E-state index in [2.05, 4.69) is 154 Å². The Morgan fingerprint density at radius 1 is 0.299 bits per heavy atom. The van der Waals surface area contributed by atoms with Crippen LogP contribution in [0, 0.1) is 0 Å². The van der Waals surface area contributed by atoms with E-state index in [1.54, 1.807) is 0 Å². The first-order chi connectivity index (χ1) is 47.2. The van der Waals surface area contributed by atoms with Crippen LogP contribution in [-0.4, -0.2) is 95.9 Å². The summed E-state index contributed by atoms with van der Waals surface area (Å²) in [6.45, 7) is 2.46. The van der Waals surface area contributed by atoms with E-state index in [1.807, 2.05) is 0 Å². The number of carbonyl (C=O) groups is 3. The first kappa shape index (κ1) is 92.7. The van der Waals surface area contributed by atoms with E-state index in [-0.39, 0.29) is 19.3 Å². The second kappa shape index (κ2) is 71.5. The van der Waals surface area contributed by atoms with Crippen LogP contribution in [-0.2, 0) is 55.8 Å². The summed E-state index contributed by atoms with van der Waals surface area (Å²) in [7, 11) is -9.80. The van der Waals surface area contributed by atoms with Gasteiger partial charge in [0.15, 0.2) is 6.10 Å². The number of esters is 3. The summed E-state index contributed by atoms with van der Waals surface area (Å²) in [5, 5.41) is 20.6. The Kier molecular flexibility index (Phi) is 68.3. The predicted octanol–water partition coefficient (Wildman–Crippen LogP) is 21.5. The van der Waals surface area contributed by atoms with Crippen LogP contribution in [0.5, 0.6) is 0 Å². The molecule has 5 unspecified atom stereocenters. The molecule has 16 nitrogen and oxygen atoms in total. The molecular weight excluding hydrogens is 1270 g/mol. The summed E-state index contributed by atoms with van der Waals surface area (Å²) in [5.41, 5.74) is 0. The fourth-order valence-electron chi connectivity index (χ4n) is 9.61. The monoisotopic (exact) mass is 1400 g/mol. The van der Waals surface area contributed by atoms with Gasteiger partial charge in [-0.15, -0.1) is 0 Å². The van der Waals surface area contributed by atoms with Crippen molar-refractivity contribution in [3.63, 3.8) is 0 Å². The van der Waals surface area contributed by atoms with E-state index >= 15 is 0 Å². The maximum atomic E-state index is 13.0. The van der Waals surface area contributed by atoms with Gasteiger partial charge in [0.25, 0.3) is 0 Å². The van der Waals surface area contributed by atoms with E-state index < -0.39 is 91.5 Å². The Bertz CT molecular complexity index is 2300. The number of aliphatic hydroxyl groups is 2. The van der Waals surface area contributed by atoms with E-state index in [0.29, 0.717) is 19.3 Å². The Morgan fingerprint density at radius 3 is 0.866 bits per heavy atom. The number of phosphoric ester groups is 2. The summed E-state index contributed by atoms with van der Waals surface area (Å²) < 4.78 is 61.1. The van der Waals surface area contributed by atoms with Crippen LogP contribution in [0.25, 0.3) is 0 Å². The van der Waals surface area contributed by atoms with Gasteiger partial charge in [-0.05, 0) is 141 Å². The van der Waals surface area contributed by atoms with Crippen LogP contribution >= 0.6 is 15.6 Å². The zero-order chi connectivity index (χ0) is 70.9. The number of aliphatic hydroxyl groups excluding tert-OH is 2. The summed E-state index contributed by atoms with van der Waals surface area (Å²) in [5.74, 6) is -1.62. The van der Waals surface area contributed by atoms with Crippen LogP contribution in [0.1, 0.15) is 290 Å². The second-order valence-corrected chi connectivity index (χ2v) is 27.6. The van der Waals surface area contributed by atoms with E-state index in [1.165, 1.54) is 44.9 Å². The lowest BCUT2D eigenvalue weighted by Gasteiger charge is -2.21. The maximum Gasteiger partial charge on any atom is 0.472 e. The van der Waals surface area contributed by atoms with E-state index in [9.17, 15) is 43.5 Å². The molecule has 0 heterocycles. The van der Waals surface area contributed by atoms with Gasteiger partial charge < -0.3 is 34.2 Å². The Balaban J connectivity index is 4.71. The lowest BCUT2D eigenvalue weighted by atomic mass is 10.1. The van der Waals surface area contributed by atoms with Gasteiger partial charge in [0.05, 0.1) is 26.4 Å². The highest BCUT2D eigenvalue weighted by molar-refractivity contribution is 7.47. The minimum absolute atomic E-state index is 0.0826. The summed E-state index contributed by atoms with van der Waals surface area (Å²) in [4.78, 5) is 58.6. The number of ether oxygens (including phenoxy) is 3. The van der Waals surface area contributed by atoms with Gasteiger partial charge in [0.1, 0.15) is 25.4 Å². The van der Waals surface area contributed by atoms with Crippen molar-refractivity contribution >= 4 is 33.6 Å². The van der Waals surface area contributed by atoms with Crippen LogP contribution in [0.3, 0.4) is 0 Å². The molecule has 0 saturated carbocycles. The van der Waals surface area contributed by atoms with E-state index in [0.717, 1.165) is 186 Å². The van der Waals surface area contributed by atoms with Crippen molar-refractivity contribution in [3.05, 3.63) is 134 Å². The third-order valence-electron chi connectivity index (χ3n) is 15.3. The summed E-state index contributed by atoms with van der Waals surface area (Å²) >= 11 is 0. The highest BCUT2D eigenvalue weighted by Gasteiger charge is 2.29. The molecule has 0 saturated heterocycles. The molecule has 0 aromatic rings. The first-order valence-electron chi connectivity index (χ1n) is 37.5. The van der Waals surface area contributed by atoms with Gasteiger partial charge in [-0.1, -0.05) is 264 Å². The highest BCUT2D eigenvalue weighted by atomic mass is 31.2. The van der Waals surface area contributed by atoms with Crippen molar-refractivity contribution in [1.29, 1.82) is 0 Å². The van der Waals surface area contributed by atoms with Crippen molar-refractivity contribution in [3.8, 4) is 0 Å². The number of hydrogen-bond donors (Lipinski definition) is 4. The molecule has 5 atom stereocenters. The molecular formula is C79H134O16P2. The quantitative estimate of drug-likeness (QED) is 0.0146. The molecule has 18 heteroatoms. The van der Waals surface area contributed by atoms with Crippen LogP contribution < -0.4 is 0 Å². The Labute approximate surface area is 588 Å². The number of hydrogen-bond acceptors (Lipinski definition) is 14.